The monoisotopic (exact) mass is 367 g/mol. The molecule has 1 aliphatic heterocycles. The average molecular weight is 367 g/mol. The molecule has 0 bridgehead atoms. The van der Waals surface area contributed by atoms with Crippen LogP contribution >= 0.6 is 0 Å². The van der Waals surface area contributed by atoms with Gasteiger partial charge in [-0.2, -0.15) is 0 Å². The second-order valence-corrected chi connectivity index (χ2v) is 7.35. The van der Waals surface area contributed by atoms with Crippen LogP contribution in [0, 0.1) is 6.92 Å². The van der Waals surface area contributed by atoms with Crippen molar-refractivity contribution in [2.75, 3.05) is 37.6 Å². The Hall–Kier alpha value is -2.40. The molecule has 1 saturated heterocycles. The molecule has 144 valence electrons. The number of nitrogens with zero attached hydrogens (tertiary/aromatic N) is 3. The number of esters is 1. The summed E-state index contributed by atoms with van der Waals surface area (Å²) in [6, 6.07) is 1.87. The Morgan fingerprint density at radius 2 is 2.00 bits per heavy atom. The molecule has 27 heavy (non-hydrogen) atoms. The summed E-state index contributed by atoms with van der Waals surface area (Å²) in [5, 5.41) is 0. The first kappa shape index (κ1) is 19.4. The van der Waals surface area contributed by atoms with E-state index >= 15 is 0 Å². The molecule has 0 radical (unpaired) electrons. The number of aromatic nitrogens is 1. The van der Waals surface area contributed by atoms with Crippen molar-refractivity contribution in [1.29, 1.82) is 0 Å². The molecule has 3 rings (SSSR count). The average Bonchev–Trinajstić information content (AvgIpc) is 2.90. The van der Waals surface area contributed by atoms with Gasteiger partial charge in [0.1, 0.15) is 11.4 Å². The molecule has 0 amide bonds. The molecule has 1 aliphatic carbocycles. The van der Waals surface area contributed by atoms with Crippen LogP contribution in [0.1, 0.15) is 36.2 Å². The molecule has 0 N–H and O–H groups in total. The zero-order valence-electron chi connectivity index (χ0n) is 16.5. The second-order valence-electron chi connectivity index (χ2n) is 7.35. The first-order valence-corrected chi connectivity index (χ1v) is 9.70. The van der Waals surface area contributed by atoms with Gasteiger partial charge in [-0.1, -0.05) is 30.4 Å². The Morgan fingerprint density at radius 3 is 2.74 bits per heavy atom. The van der Waals surface area contributed by atoms with E-state index in [2.05, 4.69) is 45.2 Å². The fourth-order valence-electron chi connectivity index (χ4n) is 3.43. The summed E-state index contributed by atoms with van der Waals surface area (Å²) in [4.78, 5) is 21.8. The van der Waals surface area contributed by atoms with E-state index in [4.69, 9.17) is 4.74 Å². The van der Waals surface area contributed by atoms with E-state index in [-0.39, 0.29) is 12.1 Å². The summed E-state index contributed by atoms with van der Waals surface area (Å²) in [7, 11) is 0. The maximum absolute atomic E-state index is 12.6. The number of pyridine rings is 1. The van der Waals surface area contributed by atoms with Crippen molar-refractivity contribution >= 4 is 11.8 Å². The van der Waals surface area contributed by atoms with E-state index in [1.54, 1.807) is 6.20 Å². The molecule has 1 aromatic rings. The molecule has 5 nitrogen and oxygen atoms in total. The van der Waals surface area contributed by atoms with Crippen LogP contribution in [0.5, 0.6) is 0 Å². The Labute approximate surface area is 162 Å². The van der Waals surface area contributed by atoms with Crippen molar-refractivity contribution in [3.8, 4) is 0 Å². The number of hydrogen-bond donors (Lipinski definition) is 0. The fourth-order valence-corrected chi connectivity index (χ4v) is 3.43. The van der Waals surface area contributed by atoms with E-state index in [0.29, 0.717) is 5.56 Å². The number of aryl methyl sites for hydroxylation is 1. The van der Waals surface area contributed by atoms with Gasteiger partial charge in [0.15, 0.2) is 0 Å². The third kappa shape index (κ3) is 5.07. The van der Waals surface area contributed by atoms with Crippen LogP contribution in [0.2, 0.25) is 0 Å². The zero-order chi connectivity index (χ0) is 19.2. The van der Waals surface area contributed by atoms with Gasteiger partial charge in [0.2, 0.25) is 0 Å². The van der Waals surface area contributed by atoms with E-state index in [1.165, 1.54) is 5.57 Å². The van der Waals surface area contributed by atoms with Crippen LogP contribution < -0.4 is 4.90 Å². The highest BCUT2D eigenvalue weighted by Crippen LogP contribution is 2.24. The molecule has 2 heterocycles. The Morgan fingerprint density at radius 1 is 1.22 bits per heavy atom. The second kappa shape index (κ2) is 9.00. The first-order valence-electron chi connectivity index (χ1n) is 9.70. The number of rotatable bonds is 5. The highest BCUT2D eigenvalue weighted by Gasteiger charge is 2.25. The van der Waals surface area contributed by atoms with Crippen molar-refractivity contribution in [2.24, 2.45) is 0 Å². The van der Waals surface area contributed by atoms with E-state index in [9.17, 15) is 4.79 Å². The van der Waals surface area contributed by atoms with Gasteiger partial charge in [-0.15, -0.1) is 0 Å². The van der Waals surface area contributed by atoms with Gasteiger partial charge in [0, 0.05) is 38.9 Å². The smallest absolute Gasteiger partial charge is 0.342 e. The molecular formula is C22H29N3O2. The summed E-state index contributed by atoms with van der Waals surface area (Å²) < 4.78 is 5.45. The number of hydrogen-bond acceptors (Lipinski definition) is 5. The molecule has 0 unspecified atom stereocenters. The minimum absolute atomic E-state index is 0.141. The van der Waals surface area contributed by atoms with Crippen molar-refractivity contribution in [1.82, 2.24) is 9.88 Å². The summed E-state index contributed by atoms with van der Waals surface area (Å²) in [6.45, 7) is 10.3. The molecule has 0 atom stereocenters. The van der Waals surface area contributed by atoms with Crippen molar-refractivity contribution in [2.45, 2.75) is 33.3 Å². The van der Waals surface area contributed by atoms with Gasteiger partial charge in [-0.05, 0) is 44.4 Å². The molecule has 2 aliphatic rings. The Kier molecular flexibility index (Phi) is 6.45. The minimum atomic E-state index is -0.283. The molecule has 0 saturated carbocycles. The quantitative estimate of drug-likeness (QED) is 0.745. The van der Waals surface area contributed by atoms with Crippen LogP contribution in [-0.2, 0) is 4.74 Å². The van der Waals surface area contributed by atoms with Crippen molar-refractivity contribution in [3.05, 3.63) is 59.3 Å². The SMILES string of the molecule is Cc1ccnc(N2CCN(CC3=CCC=CC=C3)CC2)c1C(=O)OC(C)C. The number of anilines is 1. The number of carbonyl (C=O) groups is 1. The lowest BCUT2D eigenvalue weighted by Crippen LogP contribution is -2.47. The van der Waals surface area contributed by atoms with Gasteiger partial charge >= 0.3 is 5.97 Å². The van der Waals surface area contributed by atoms with Gasteiger partial charge in [0.25, 0.3) is 0 Å². The lowest BCUT2D eigenvalue weighted by molar-refractivity contribution is 0.0377. The summed E-state index contributed by atoms with van der Waals surface area (Å²) in [5.41, 5.74) is 2.87. The van der Waals surface area contributed by atoms with Gasteiger partial charge < -0.3 is 9.64 Å². The number of carbonyl (C=O) groups excluding carboxylic acids is 1. The largest absolute Gasteiger partial charge is 0.459 e. The number of ether oxygens (including phenoxy) is 1. The maximum atomic E-state index is 12.6. The standard InChI is InChI=1S/C22H29N3O2/c1-17(2)27-22(26)20-18(3)10-11-23-21(20)25-14-12-24(13-15-25)16-19-8-6-4-5-7-9-19/h4-6,8-11,17H,7,12-16H2,1-3H3. The molecule has 0 aromatic carbocycles. The van der Waals surface area contributed by atoms with Crippen molar-refractivity contribution in [3.63, 3.8) is 0 Å². The normalized spacial score (nSPS) is 17.8. The van der Waals surface area contributed by atoms with Crippen LogP contribution in [0.4, 0.5) is 5.82 Å². The number of piperazine rings is 1. The maximum Gasteiger partial charge on any atom is 0.342 e. The van der Waals surface area contributed by atoms with Gasteiger partial charge in [-0.3, -0.25) is 4.90 Å². The number of allylic oxidation sites excluding steroid dienone is 4. The highest BCUT2D eigenvalue weighted by molar-refractivity contribution is 5.96. The minimum Gasteiger partial charge on any atom is -0.459 e. The van der Waals surface area contributed by atoms with Crippen LogP contribution in [0.15, 0.2) is 48.2 Å². The summed E-state index contributed by atoms with van der Waals surface area (Å²) in [5.74, 6) is 0.465. The molecule has 1 aromatic heterocycles. The molecule has 0 spiro atoms. The van der Waals surface area contributed by atoms with Gasteiger partial charge in [0.05, 0.1) is 6.10 Å². The molecule has 1 fully saturated rings. The summed E-state index contributed by atoms with van der Waals surface area (Å²) in [6.07, 6.45) is 13.5. The Balaban J connectivity index is 1.66. The molecule has 5 heteroatoms. The van der Waals surface area contributed by atoms with Gasteiger partial charge in [-0.25, -0.2) is 9.78 Å². The predicted octanol–water partition coefficient (Wildman–Crippen LogP) is 3.52. The van der Waals surface area contributed by atoms with Crippen LogP contribution in [0.3, 0.4) is 0 Å². The fraction of sp³-hybridized carbons (Fsp3) is 0.455. The Bertz CT molecular complexity index is 757. The van der Waals surface area contributed by atoms with Crippen LogP contribution in [-0.4, -0.2) is 54.7 Å². The van der Waals surface area contributed by atoms with Crippen LogP contribution in [0.25, 0.3) is 0 Å². The lowest BCUT2D eigenvalue weighted by Gasteiger charge is -2.36. The predicted molar refractivity (Wildman–Crippen MR) is 109 cm³/mol. The molecular weight excluding hydrogens is 338 g/mol. The summed E-state index contributed by atoms with van der Waals surface area (Å²) >= 11 is 0. The van der Waals surface area contributed by atoms with E-state index < -0.39 is 0 Å². The highest BCUT2D eigenvalue weighted by atomic mass is 16.5. The topological polar surface area (TPSA) is 45.7 Å². The van der Waals surface area contributed by atoms with E-state index in [0.717, 1.165) is 50.5 Å². The zero-order valence-corrected chi connectivity index (χ0v) is 16.5. The van der Waals surface area contributed by atoms with E-state index in [1.807, 2.05) is 26.8 Å². The third-order valence-corrected chi connectivity index (χ3v) is 4.84. The van der Waals surface area contributed by atoms with Crippen molar-refractivity contribution < 1.29 is 9.53 Å². The third-order valence-electron chi connectivity index (χ3n) is 4.84. The lowest BCUT2D eigenvalue weighted by atomic mass is 10.1. The first-order chi connectivity index (χ1) is 13.0.